The molecule has 24 heavy (non-hydrogen) atoms. The number of nitrogens with zero attached hydrogens (tertiary/aromatic N) is 1. The van der Waals surface area contributed by atoms with E-state index in [0.717, 1.165) is 65.1 Å². The van der Waals surface area contributed by atoms with Crippen molar-refractivity contribution in [2.45, 2.75) is 32.1 Å². The van der Waals surface area contributed by atoms with Crippen LogP contribution in [0, 0.1) is 11.8 Å². The molecule has 132 valence electrons. The number of carbonyl (C=O) groups is 1. The number of ether oxygens (including phenoxy) is 1. The van der Waals surface area contributed by atoms with E-state index in [2.05, 4.69) is 40.5 Å². The Kier molecular flexibility index (Phi) is 6.67. The zero-order chi connectivity index (χ0) is 16.6. The molecule has 1 aromatic carbocycles. The largest absolute Gasteiger partial charge is 0.381 e. The van der Waals surface area contributed by atoms with Crippen LogP contribution in [-0.4, -0.2) is 50.2 Å². The number of likely N-dealkylation sites (tertiary alicyclic amines) is 1. The average Bonchev–Trinajstić information content (AvgIpc) is 2.66. The lowest BCUT2D eigenvalue weighted by Crippen LogP contribution is -2.45. The molecule has 2 fully saturated rings. The molecule has 0 bridgehead atoms. The van der Waals surface area contributed by atoms with E-state index < -0.39 is 0 Å². The van der Waals surface area contributed by atoms with Crippen molar-refractivity contribution in [3.63, 3.8) is 0 Å². The molecular formula is C20H30N2O2. The Hall–Kier alpha value is -1.39. The molecule has 4 nitrogen and oxygen atoms in total. The molecule has 0 spiro atoms. The highest BCUT2D eigenvalue weighted by Gasteiger charge is 2.26. The van der Waals surface area contributed by atoms with Gasteiger partial charge in [-0.1, -0.05) is 30.3 Å². The second kappa shape index (κ2) is 9.19. The summed E-state index contributed by atoms with van der Waals surface area (Å²) in [6.07, 6.45) is 5.51. The molecule has 2 atom stereocenters. The maximum atomic E-state index is 12.5. The van der Waals surface area contributed by atoms with Crippen LogP contribution in [0.25, 0.3) is 0 Å². The zero-order valence-corrected chi connectivity index (χ0v) is 14.6. The molecule has 1 N–H and O–H groups in total. The average molecular weight is 330 g/mol. The van der Waals surface area contributed by atoms with E-state index in [1.165, 1.54) is 12.0 Å². The normalized spacial score (nSPS) is 25.3. The molecule has 4 heteroatoms. The predicted molar refractivity (Wildman–Crippen MR) is 95.9 cm³/mol. The third-order valence-corrected chi connectivity index (χ3v) is 5.26. The fourth-order valence-corrected chi connectivity index (χ4v) is 3.76. The summed E-state index contributed by atoms with van der Waals surface area (Å²) in [6.45, 7) is 5.52. The van der Waals surface area contributed by atoms with E-state index in [0.29, 0.717) is 5.92 Å². The van der Waals surface area contributed by atoms with Gasteiger partial charge in [0.2, 0.25) is 5.91 Å². The first kappa shape index (κ1) is 17.4. The first-order valence-electron chi connectivity index (χ1n) is 9.43. The smallest absolute Gasteiger partial charge is 0.224 e. The Morgan fingerprint density at radius 1 is 1.21 bits per heavy atom. The van der Waals surface area contributed by atoms with Crippen LogP contribution in [0.15, 0.2) is 30.3 Å². The van der Waals surface area contributed by atoms with E-state index in [-0.39, 0.29) is 11.8 Å². The lowest BCUT2D eigenvalue weighted by molar-refractivity contribution is -0.127. The second-order valence-corrected chi connectivity index (χ2v) is 7.20. The van der Waals surface area contributed by atoms with Gasteiger partial charge in [0.05, 0.1) is 12.5 Å². The van der Waals surface area contributed by atoms with Crippen molar-refractivity contribution in [2.75, 3.05) is 39.4 Å². The fourth-order valence-electron chi connectivity index (χ4n) is 3.76. The minimum absolute atomic E-state index is 0.152. The van der Waals surface area contributed by atoms with E-state index in [1.54, 1.807) is 0 Å². The van der Waals surface area contributed by atoms with Crippen molar-refractivity contribution in [3.05, 3.63) is 35.9 Å². The summed E-state index contributed by atoms with van der Waals surface area (Å²) >= 11 is 0. The Morgan fingerprint density at radius 3 is 2.88 bits per heavy atom. The molecule has 2 aliphatic heterocycles. The lowest BCUT2D eigenvalue weighted by atomic mass is 9.96. The van der Waals surface area contributed by atoms with Gasteiger partial charge in [-0.2, -0.15) is 0 Å². The molecule has 2 saturated heterocycles. The first-order chi connectivity index (χ1) is 11.8. The Labute approximate surface area is 145 Å². The fraction of sp³-hybridized carbons (Fsp3) is 0.650. The maximum absolute atomic E-state index is 12.5. The molecule has 0 saturated carbocycles. The molecule has 0 aliphatic carbocycles. The van der Waals surface area contributed by atoms with Gasteiger partial charge in [0.15, 0.2) is 0 Å². The van der Waals surface area contributed by atoms with Crippen molar-refractivity contribution in [1.82, 2.24) is 10.2 Å². The van der Waals surface area contributed by atoms with Gasteiger partial charge >= 0.3 is 0 Å². The number of piperidine rings is 1. The number of hydrogen-bond acceptors (Lipinski definition) is 3. The van der Waals surface area contributed by atoms with E-state index in [1.807, 2.05) is 0 Å². The van der Waals surface area contributed by atoms with Crippen LogP contribution in [0.2, 0.25) is 0 Å². The SMILES string of the molecule is O=C(NC[C@H]1CCCOC1)[C@H]1CCCN(CCc2ccccc2)C1. The van der Waals surface area contributed by atoms with Crippen molar-refractivity contribution < 1.29 is 9.53 Å². The number of carbonyl (C=O) groups excluding carboxylic acids is 1. The van der Waals surface area contributed by atoms with Crippen LogP contribution in [0.5, 0.6) is 0 Å². The van der Waals surface area contributed by atoms with Gasteiger partial charge in [-0.15, -0.1) is 0 Å². The third kappa shape index (κ3) is 5.32. The second-order valence-electron chi connectivity index (χ2n) is 7.20. The maximum Gasteiger partial charge on any atom is 0.224 e. The van der Waals surface area contributed by atoms with E-state index in [9.17, 15) is 4.79 Å². The molecule has 3 rings (SSSR count). The molecular weight excluding hydrogens is 300 g/mol. The number of hydrogen-bond donors (Lipinski definition) is 1. The van der Waals surface area contributed by atoms with Gasteiger partial charge in [0, 0.05) is 26.2 Å². The first-order valence-corrected chi connectivity index (χ1v) is 9.43. The third-order valence-electron chi connectivity index (χ3n) is 5.26. The highest BCUT2D eigenvalue weighted by Crippen LogP contribution is 2.18. The highest BCUT2D eigenvalue weighted by molar-refractivity contribution is 5.78. The number of amides is 1. The number of rotatable bonds is 6. The van der Waals surface area contributed by atoms with Crippen molar-refractivity contribution >= 4 is 5.91 Å². The molecule has 0 unspecified atom stereocenters. The van der Waals surface area contributed by atoms with Crippen LogP contribution in [0.3, 0.4) is 0 Å². The Morgan fingerprint density at radius 2 is 2.08 bits per heavy atom. The molecule has 2 aliphatic rings. The molecule has 1 amide bonds. The van der Waals surface area contributed by atoms with Crippen LogP contribution >= 0.6 is 0 Å². The van der Waals surface area contributed by atoms with Gasteiger partial charge in [0.25, 0.3) is 0 Å². The summed E-state index contributed by atoms with van der Waals surface area (Å²) in [5, 5.41) is 3.17. The number of nitrogens with one attached hydrogen (secondary N) is 1. The highest BCUT2D eigenvalue weighted by atomic mass is 16.5. The van der Waals surface area contributed by atoms with Gasteiger partial charge in [-0.25, -0.2) is 0 Å². The van der Waals surface area contributed by atoms with Crippen LogP contribution in [0.1, 0.15) is 31.2 Å². The van der Waals surface area contributed by atoms with E-state index >= 15 is 0 Å². The number of benzene rings is 1. The minimum Gasteiger partial charge on any atom is -0.381 e. The minimum atomic E-state index is 0.152. The lowest BCUT2D eigenvalue weighted by Gasteiger charge is -2.32. The Balaban J connectivity index is 1.40. The predicted octanol–water partition coefficient (Wildman–Crippen LogP) is 2.48. The molecule has 0 aromatic heterocycles. The monoisotopic (exact) mass is 330 g/mol. The quantitative estimate of drug-likeness (QED) is 0.871. The van der Waals surface area contributed by atoms with Crippen LogP contribution in [-0.2, 0) is 16.0 Å². The summed E-state index contributed by atoms with van der Waals surface area (Å²) in [5.41, 5.74) is 1.38. The van der Waals surface area contributed by atoms with Gasteiger partial charge in [0.1, 0.15) is 0 Å². The summed E-state index contributed by atoms with van der Waals surface area (Å²) < 4.78 is 5.49. The topological polar surface area (TPSA) is 41.6 Å². The summed E-state index contributed by atoms with van der Waals surface area (Å²) in [6, 6.07) is 10.6. The van der Waals surface area contributed by atoms with Crippen molar-refractivity contribution in [3.8, 4) is 0 Å². The van der Waals surface area contributed by atoms with Crippen molar-refractivity contribution in [1.29, 1.82) is 0 Å². The van der Waals surface area contributed by atoms with Gasteiger partial charge in [-0.05, 0) is 50.1 Å². The Bertz CT molecular complexity index is 500. The zero-order valence-electron chi connectivity index (χ0n) is 14.6. The summed E-state index contributed by atoms with van der Waals surface area (Å²) in [7, 11) is 0. The molecule has 2 heterocycles. The van der Waals surface area contributed by atoms with Crippen molar-refractivity contribution in [2.24, 2.45) is 11.8 Å². The van der Waals surface area contributed by atoms with Crippen LogP contribution in [0.4, 0.5) is 0 Å². The van der Waals surface area contributed by atoms with E-state index in [4.69, 9.17) is 4.74 Å². The van der Waals surface area contributed by atoms with Crippen LogP contribution < -0.4 is 5.32 Å². The molecule has 1 aromatic rings. The summed E-state index contributed by atoms with van der Waals surface area (Å²) in [4.78, 5) is 14.9. The van der Waals surface area contributed by atoms with Gasteiger partial charge < -0.3 is 15.0 Å². The summed E-state index contributed by atoms with van der Waals surface area (Å²) in [5.74, 6) is 0.893. The standard InChI is InChI=1S/C20H30N2O2/c23-20(21-14-18-8-5-13-24-16-18)19-9-4-11-22(15-19)12-10-17-6-2-1-3-7-17/h1-3,6-7,18-19H,4-5,8-16H2,(H,21,23)/t18-,19+/m1/s1. The van der Waals surface area contributed by atoms with Gasteiger partial charge in [-0.3, -0.25) is 4.79 Å². The molecule has 0 radical (unpaired) electrons.